The maximum Gasteiger partial charge on any atom is 0.163 e. The number of rotatable bonds is 9. The molecule has 0 aliphatic rings. The molecule has 3 rings (SSSR count). The van der Waals surface area contributed by atoms with Gasteiger partial charge in [-0.15, -0.1) is 0 Å². The molecule has 1 heterocycles. The van der Waals surface area contributed by atoms with Gasteiger partial charge in [0.15, 0.2) is 11.5 Å². The van der Waals surface area contributed by atoms with E-state index in [1.54, 1.807) is 24.3 Å². The molecular formula is C19H19FIN3O4. The molecule has 0 bridgehead atoms. The summed E-state index contributed by atoms with van der Waals surface area (Å²) in [6.45, 7) is -0.0967. The van der Waals surface area contributed by atoms with Crippen molar-refractivity contribution in [3.8, 4) is 11.5 Å². The molecule has 3 N–H and O–H groups in total. The van der Waals surface area contributed by atoms with Gasteiger partial charge in [-0.2, -0.15) is 0 Å². The van der Waals surface area contributed by atoms with Crippen molar-refractivity contribution in [2.45, 2.75) is 4.43 Å². The number of nitrogens with one attached hydrogen (secondary N) is 1. The van der Waals surface area contributed by atoms with Gasteiger partial charge in [0.1, 0.15) is 31.2 Å². The number of benzene rings is 2. The van der Waals surface area contributed by atoms with Crippen molar-refractivity contribution in [3.63, 3.8) is 0 Å². The van der Waals surface area contributed by atoms with Crippen LogP contribution in [0.3, 0.4) is 0 Å². The monoisotopic (exact) mass is 499 g/mol. The quantitative estimate of drug-likeness (QED) is 0.308. The Morgan fingerprint density at radius 1 is 1.00 bits per heavy atom. The maximum atomic E-state index is 13.8. The van der Waals surface area contributed by atoms with Crippen molar-refractivity contribution < 1.29 is 24.1 Å². The van der Waals surface area contributed by atoms with Crippen LogP contribution in [-0.4, -0.2) is 46.6 Å². The fourth-order valence-electron chi connectivity index (χ4n) is 2.59. The zero-order valence-electron chi connectivity index (χ0n) is 14.9. The van der Waals surface area contributed by atoms with Gasteiger partial charge in [-0.1, -0.05) is 22.6 Å². The van der Waals surface area contributed by atoms with Crippen LogP contribution in [0.5, 0.6) is 11.5 Å². The molecule has 148 valence electrons. The smallest absolute Gasteiger partial charge is 0.163 e. The van der Waals surface area contributed by atoms with Gasteiger partial charge in [0, 0.05) is 21.6 Å². The number of alkyl halides is 1. The maximum absolute atomic E-state index is 13.8. The van der Waals surface area contributed by atoms with E-state index in [1.165, 1.54) is 12.4 Å². The van der Waals surface area contributed by atoms with Crippen molar-refractivity contribution in [1.29, 1.82) is 0 Å². The van der Waals surface area contributed by atoms with E-state index in [4.69, 9.17) is 19.7 Å². The molecule has 0 radical (unpaired) electrons. The summed E-state index contributed by atoms with van der Waals surface area (Å²) in [7, 11) is 0. The molecule has 0 atom stereocenters. The largest absolute Gasteiger partial charge is 0.487 e. The first-order chi connectivity index (χ1) is 13.7. The van der Waals surface area contributed by atoms with Crippen molar-refractivity contribution in [1.82, 2.24) is 9.97 Å². The van der Waals surface area contributed by atoms with Gasteiger partial charge in [0.25, 0.3) is 0 Å². The lowest BCUT2D eigenvalue weighted by Gasteiger charge is -2.15. The number of aliphatic hydroxyl groups excluding tert-OH is 2. The van der Waals surface area contributed by atoms with Crippen LogP contribution in [0.25, 0.3) is 10.9 Å². The molecule has 2 aromatic carbocycles. The Labute approximate surface area is 174 Å². The number of aromatic nitrogens is 2. The molecule has 0 unspecified atom stereocenters. The van der Waals surface area contributed by atoms with Crippen molar-refractivity contribution >= 4 is 45.0 Å². The molecule has 0 saturated heterocycles. The number of halogens is 2. The first-order valence-electron chi connectivity index (χ1n) is 8.53. The molecule has 9 heteroatoms. The van der Waals surface area contributed by atoms with Crippen LogP contribution in [0, 0.1) is 5.82 Å². The number of nitrogens with zero attached hydrogens (tertiary/aromatic N) is 2. The summed E-state index contributed by atoms with van der Waals surface area (Å²) in [4.78, 5) is 8.55. The third kappa shape index (κ3) is 4.78. The van der Waals surface area contributed by atoms with E-state index < -0.39 is 0 Å². The molecular weight excluding hydrogens is 480 g/mol. The van der Waals surface area contributed by atoms with Crippen LogP contribution < -0.4 is 14.8 Å². The summed E-state index contributed by atoms with van der Waals surface area (Å²) in [5.41, 5.74) is 1.90. The topological polar surface area (TPSA) is 96.7 Å². The number of hydrogen-bond acceptors (Lipinski definition) is 7. The first-order valence-corrected chi connectivity index (χ1v) is 10.1. The standard InChI is InChI=1S/C19H19FIN3O4/c20-15-2-1-13(7-12(15)10-21)24-19-14-8-17(27-5-3-25)18(28-6-4-26)9-16(14)22-11-23-19/h1-2,7-9,11,25-26H,3-6,10H2,(H,22,23,24). The van der Waals surface area contributed by atoms with Crippen LogP contribution in [-0.2, 0) is 4.43 Å². The second kappa shape index (κ2) is 9.80. The fourth-order valence-corrected chi connectivity index (χ4v) is 3.18. The van der Waals surface area contributed by atoms with E-state index in [0.717, 1.165) is 0 Å². The summed E-state index contributed by atoms with van der Waals surface area (Å²) in [6.07, 6.45) is 1.41. The first kappa shape index (κ1) is 20.5. The molecule has 0 aliphatic carbocycles. The molecule has 0 amide bonds. The molecule has 28 heavy (non-hydrogen) atoms. The minimum atomic E-state index is -0.252. The summed E-state index contributed by atoms with van der Waals surface area (Å²) < 4.78 is 25.4. The van der Waals surface area contributed by atoms with Crippen molar-refractivity contribution in [2.75, 3.05) is 31.7 Å². The van der Waals surface area contributed by atoms with Crippen LogP contribution in [0.2, 0.25) is 0 Å². The summed E-state index contributed by atoms with van der Waals surface area (Å²) in [6, 6.07) is 8.18. The van der Waals surface area contributed by atoms with Crippen LogP contribution in [0.4, 0.5) is 15.9 Å². The number of ether oxygens (including phenoxy) is 2. The van der Waals surface area contributed by atoms with Gasteiger partial charge >= 0.3 is 0 Å². The Morgan fingerprint density at radius 2 is 1.71 bits per heavy atom. The summed E-state index contributed by atoms with van der Waals surface area (Å²) in [5, 5.41) is 21.9. The average Bonchev–Trinajstić information content (AvgIpc) is 2.72. The highest BCUT2D eigenvalue weighted by Gasteiger charge is 2.13. The number of hydrogen-bond donors (Lipinski definition) is 3. The summed E-state index contributed by atoms with van der Waals surface area (Å²) >= 11 is 2.11. The predicted octanol–water partition coefficient (Wildman–Crippen LogP) is 3.19. The minimum Gasteiger partial charge on any atom is -0.487 e. The van der Waals surface area contributed by atoms with E-state index in [1.807, 2.05) is 0 Å². The van der Waals surface area contributed by atoms with Gasteiger partial charge in [0.2, 0.25) is 0 Å². The van der Waals surface area contributed by atoms with E-state index in [0.29, 0.717) is 43.9 Å². The van der Waals surface area contributed by atoms with E-state index in [-0.39, 0.29) is 32.2 Å². The van der Waals surface area contributed by atoms with Crippen LogP contribution in [0.15, 0.2) is 36.7 Å². The second-order valence-corrected chi connectivity index (χ2v) is 6.51. The Morgan fingerprint density at radius 3 is 2.39 bits per heavy atom. The lowest BCUT2D eigenvalue weighted by molar-refractivity contribution is 0.178. The second-order valence-electron chi connectivity index (χ2n) is 5.75. The Bertz CT molecular complexity index is 958. The Kier molecular flexibility index (Phi) is 7.18. The SMILES string of the molecule is OCCOc1cc2ncnc(Nc3ccc(F)c(CI)c3)c2cc1OCCO. The highest BCUT2D eigenvalue weighted by molar-refractivity contribution is 14.1. The molecule has 1 aromatic heterocycles. The van der Waals surface area contributed by atoms with Crippen molar-refractivity contribution in [2.24, 2.45) is 0 Å². The van der Waals surface area contributed by atoms with Crippen molar-refractivity contribution in [3.05, 3.63) is 48.0 Å². The van der Waals surface area contributed by atoms with Gasteiger partial charge in [-0.05, 0) is 29.8 Å². The van der Waals surface area contributed by atoms with Gasteiger partial charge < -0.3 is 25.0 Å². The van der Waals surface area contributed by atoms with E-state index in [2.05, 4.69) is 37.9 Å². The zero-order valence-corrected chi connectivity index (χ0v) is 17.0. The van der Waals surface area contributed by atoms with Crippen LogP contribution in [0.1, 0.15) is 5.56 Å². The van der Waals surface area contributed by atoms with Gasteiger partial charge in [0.05, 0.1) is 18.7 Å². The lowest BCUT2D eigenvalue weighted by atomic mass is 10.2. The third-order valence-electron chi connectivity index (χ3n) is 3.85. The highest BCUT2D eigenvalue weighted by Crippen LogP contribution is 2.35. The molecule has 3 aromatic rings. The Balaban J connectivity index is 2.00. The fraction of sp³-hybridized carbons (Fsp3) is 0.263. The highest BCUT2D eigenvalue weighted by atomic mass is 127. The number of fused-ring (bicyclic) bond motifs is 1. The molecule has 0 aliphatic heterocycles. The Hall–Kier alpha value is -2.24. The number of anilines is 2. The van der Waals surface area contributed by atoms with Gasteiger partial charge in [-0.3, -0.25) is 0 Å². The number of aliphatic hydroxyl groups is 2. The molecule has 0 saturated carbocycles. The van der Waals surface area contributed by atoms with E-state index >= 15 is 0 Å². The molecule has 7 nitrogen and oxygen atoms in total. The average molecular weight is 499 g/mol. The normalized spacial score (nSPS) is 10.9. The van der Waals surface area contributed by atoms with Crippen LogP contribution >= 0.6 is 22.6 Å². The third-order valence-corrected chi connectivity index (χ3v) is 4.67. The molecule has 0 fully saturated rings. The summed E-state index contributed by atoms with van der Waals surface area (Å²) in [5.74, 6) is 1.09. The minimum absolute atomic E-state index is 0.0917. The molecule has 0 spiro atoms. The van der Waals surface area contributed by atoms with Gasteiger partial charge in [-0.25, -0.2) is 14.4 Å². The lowest BCUT2D eigenvalue weighted by Crippen LogP contribution is -2.07. The predicted molar refractivity (Wildman–Crippen MR) is 112 cm³/mol. The van der Waals surface area contributed by atoms with E-state index in [9.17, 15) is 4.39 Å². The zero-order chi connectivity index (χ0) is 19.9.